The second-order valence-electron chi connectivity index (χ2n) is 3.58. The third kappa shape index (κ3) is 3.66. The van der Waals surface area contributed by atoms with Crippen LogP contribution in [-0.2, 0) is 6.42 Å². The Balaban J connectivity index is 0.00000169. The van der Waals surface area contributed by atoms with Crippen molar-refractivity contribution in [2.75, 3.05) is 6.61 Å². The van der Waals surface area contributed by atoms with E-state index in [-0.39, 0.29) is 25.1 Å². The van der Waals surface area contributed by atoms with Crippen LogP contribution in [0.15, 0.2) is 18.2 Å². The molecule has 0 bridgehead atoms. The first-order valence-electron chi connectivity index (χ1n) is 4.56. The maximum absolute atomic E-state index is 8.82. The van der Waals surface area contributed by atoms with Crippen molar-refractivity contribution in [3.63, 3.8) is 0 Å². The van der Waals surface area contributed by atoms with Crippen LogP contribution >= 0.6 is 12.4 Å². The van der Waals surface area contributed by atoms with Crippen LogP contribution in [-0.4, -0.2) is 17.8 Å². The van der Waals surface area contributed by atoms with E-state index in [9.17, 15) is 0 Å². The first-order chi connectivity index (χ1) is 6.13. The third-order valence-corrected chi connectivity index (χ3v) is 2.21. The van der Waals surface area contributed by atoms with Gasteiger partial charge in [-0.3, -0.25) is 0 Å². The molecule has 1 aromatic carbocycles. The van der Waals surface area contributed by atoms with E-state index in [4.69, 9.17) is 10.8 Å². The minimum absolute atomic E-state index is 0. The second-order valence-corrected chi connectivity index (χ2v) is 3.58. The Hall–Kier alpha value is -0.570. The minimum atomic E-state index is -0.138. The number of rotatable bonds is 3. The summed E-state index contributed by atoms with van der Waals surface area (Å²) in [6.45, 7) is 4.20. The molecule has 1 aromatic rings. The molecule has 80 valence electrons. The lowest BCUT2D eigenvalue weighted by molar-refractivity contribution is 0.265. The highest BCUT2D eigenvalue weighted by Crippen LogP contribution is 2.11. The number of halogens is 1. The summed E-state index contributed by atoms with van der Waals surface area (Å²) in [4.78, 5) is 0. The zero-order chi connectivity index (χ0) is 9.84. The van der Waals surface area contributed by atoms with Gasteiger partial charge in [-0.15, -0.1) is 12.4 Å². The number of aliphatic hydroxyl groups excluding tert-OH is 1. The van der Waals surface area contributed by atoms with Gasteiger partial charge in [0, 0.05) is 6.04 Å². The van der Waals surface area contributed by atoms with Gasteiger partial charge in [-0.2, -0.15) is 0 Å². The molecule has 0 saturated carbocycles. The van der Waals surface area contributed by atoms with E-state index in [2.05, 4.69) is 32.0 Å². The first-order valence-corrected chi connectivity index (χ1v) is 4.56. The molecule has 0 aliphatic heterocycles. The van der Waals surface area contributed by atoms with Crippen LogP contribution in [0.3, 0.4) is 0 Å². The Labute approximate surface area is 91.5 Å². The number of benzene rings is 1. The lowest BCUT2D eigenvalue weighted by Crippen LogP contribution is -2.27. The summed E-state index contributed by atoms with van der Waals surface area (Å²) < 4.78 is 0. The van der Waals surface area contributed by atoms with E-state index in [1.807, 2.05) is 0 Å². The molecule has 0 aromatic heterocycles. The normalized spacial score (nSPS) is 12.0. The summed E-state index contributed by atoms with van der Waals surface area (Å²) >= 11 is 0. The SMILES string of the molecule is Cc1ccc(CC(N)CO)c(C)c1.Cl. The predicted molar refractivity (Wildman–Crippen MR) is 61.9 cm³/mol. The average Bonchev–Trinajstić information content (AvgIpc) is 2.09. The molecule has 0 aliphatic carbocycles. The number of nitrogens with two attached hydrogens (primary N) is 1. The second kappa shape index (κ2) is 6.02. The maximum Gasteiger partial charge on any atom is 0.0585 e. The zero-order valence-electron chi connectivity index (χ0n) is 8.66. The molecular weight excluding hydrogens is 198 g/mol. The van der Waals surface area contributed by atoms with Gasteiger partial charge in [0.15, 0.2) is 0 Å². The standard InChI is InChI=1S/C11H17NO.ClH/c1-8-3-4-10(9(2)5-8)6-11(12)7-13;/h3-5,11,13H,6-7,12H2,1-2H3;1H. The van der Waals surface area contributed by atoms with E-state index in [0.717, 1.165) is 6.42 Å². The Bertz CT molecular complexity index is 289. The Morgan fingerprint density at radius 1 is 1.36 bits per heavy atom. The number of hydrogen-bond donors (Lipinski definition) is 2. The monoisotopic (exact) mass is 215 g/mol. The van der Waals surface area contributed by atoms with Gasteiger partial charge in [0.1, 0.15) is 0 Å². The summed E-state index contributed by atoms with van der Waals surface area (Å²) in [5.74, 6) is 0. The molecule has 0 amide bonds. The van der Waals surface area contributed by atoms with Crippen molar-refractivity contribution in [2.45, 2.75) is 26.3 Å². The van der Waals surface area contributed by atoms with Gasteiger partial charge in [-0.25, -0.2) is 0 Å². The first kappa shape index (κ1) is 13.4. The number of aliphatic hydroxyl groups is 1. The number of hydrogen-bond acceptors (Lipinski definition) is 2. The fourth-order valence-corrected chi connectivity index (χ4v) is 1.42. The van der Waals surface area contributed by atoms with E-state index in [1.165, 1.54) is 16.7 Å². The quantitative estimate of drug-likeness (QED) is 0.805. The summed E-state index contributed by atoms with van der Waals surface area (Å²) in [6, 6.07) is 6.16. The van der Waals surface area contributed by atoms with Crippen LogP contribution in [0, 0.1) is 13.8 Å². The van der Waals surface area contributed by atoms with Gasteiger partial charge in [-0.1, -0.05) is 23.8 Å². The molecule has 1 rings (SSSR count). The molecule has 2 nitrogen and oxygen atoms in total. The van der Waals surface area contributed by atoms with Crippen LogP contribution in [0.1, 0.15) is 16.7 Å². The fraction of sp³-hybridized carbons (Fsp3) is 0.455. The van der Waals surface area contributed by atoms with E-state index >= 15 is 0 Å². The molecule has 3 N–H and O–H groups in total. The van der Waals surface area contributed by atoms with Crippen LogP contribution in [0.25, 0.3) is 0 Å². The Morgan fingerprint density at radius 2 is 2.00 bits per heavy atom. The van der Waals surface area contributed by atoms with Gasteiger partial charge in [-0.05, 0) is 31.4 Å². The van der Waals surface area contributed by atoms with Crippen molar-refractivity contribution >= 4 is 12.4 Å². The highest BCUT2D eigenvalue weighted by atomic mass is 35.5. The maximum atomic E-state index is 8.82. The summed E-state index contributed by atoms with van der Waals surface area (Å²) in [6.07, 6.45) is 0.753. The summed E-state index contributed by atoms with van der Waals surface area (Å²) in [5, 5.41) is 8.82. The van der Waals surface area contributed by atoms with Crippen molar-refractivity contribution in [1.82, 2.24) is 0 Å². The molecule has 0 fully saturated rings. The van der Waals surface area contributed by atoms with E-state index in [0.29, 0.717) is 0 Å². The van der Waals surface area contributed by atoms with Crippen molar-refractivity contribution in [3.05, 3.63) is 34.9 Å². The van der Waals surface area contributed by atoms with E-state index < -0.39 is 0 Å². The average molecular weight is 216 g/mol. The third-order valence-electron chi connectivity index (χ3n) is 2.21. The lowest BCUT2D eigenvalue weighted by Gasteiger charge is -2.10. The van der Waals surface area contributed by atoms with Crippen molar-refractivity contribution in [2.24, 2.45) is 5.73 Å². The molecule has 3 heteroatoms. The molecule has 0 saturated heterocycles. The van der Waals surface area contributed by atoms with Crippen LogP contribution in [0.4, 0.5) is 0 Å². The van der Waals surface area contributed by atoms with Crippen LogP contribution < -0.4 is 5.73 Å². The van der Waals surface area contributed by atoms with Crippen molar-refractivity contribution < 1.29 is 5.11 Å². The van der Waals surface area contributed by atoms with E-state index in [1.54, 1.807) is 0 Å². The molecule has 1 atom stereocenters. The van der Waals surface area contributed by atoms with Gasteiger partial charge >= 0.3 is 0 Å². The van der Waals surface area contributed by atoms with Gasteiger partial charge in [0.2, 0.25) is 0 Å². The van der Waals surface area contributed by atoms with Crippen molar-refractivity contribution in [1.29, 1.82) is 0 Å². The van der Waals surface area contributed by atoms with Crippen LogP contribution in [0.5, 0.6) is 0 Å². The smallest absolute Gasteiger partial charge is 0.0585 e. The highest BCUT2D eigenvalue weighted by molar-refractivity contribution is 5.85. The van der Waals surface area contributed by atoms with Gasteiger partial charge in [0.05, 0.1) is 6.61 Å². The highest BCUT2D eigenvalue weighted by Gasteiger charge is 2.04. The lowest BCUT2D eigenvalue weighted by atomic mass is 10.00. The van der Waals surface area contributed by atoms with Crippen LogP contribution in [0.2, 0.25) is 0 Å². The Morgan fingerprint density at radius 3 is 2.50 bits per heavy atom. The van der Waals surface area contributed by atoms with Gasteiger partial charge in [0.25, 0.3) is 0 Å². The molecular formula is C11H18ClNO. The van der Waals surface area contributed by atoms with Crippen molar-refractivity contribution in [3.8, 4) is 0 Å². The topological polar surface area (TPSA) is 46.2 Å². The van der Waals surface area contributed by atoms with Gasteiger partial charge < -0.3 is 10.8 Å². The summed E-state index contributed by atoms with van der Waals surface area (Å²) in [7, 11) is 0. The molecule has 1 unspecified atom stereocenters. The molecule has 0 spiro atoms. The minimum Gasteiger partial charge on any atom is -0.395 e. The molecule has 0 radical (unpaired) electrons. The predicted octanol–water partition coefficient (Wildman–Crippen LogP) is 1.59. The molecule has 14 heavy (non-hydrogen) atoms. The molecule has 0 aliphatic rings. The summed E-state index contributed by atoms with van der Waals surface area (Å²) in [5.41, 5.74) is 9.41. The Kier molecular flexibility index (Phi) is 5.77. The molecule has 0 heterocycles. The largest absolute Gasteiger partial charge is 0.395 e. The number of aryl methyl sites for hydroxylation is 2. The fourth-order valence-electron chi connectivity index (χ4n) is 1.42. The zero-order valence-corrected chi connectivity index (χ0v) is 9.47.